The normalized spacial score (nSPS) is 11.3. The van der Waals surface area contributed by atoms with Crippen LogP contribution < -0.4 is 5.56 Å². The highest BCUT2D eigenvalue weighted by Gasteiger charge is 2.16. The molecule has 3 nitrogen and oxygen atoms in total. The third-order valence-electron chi connectivity index (χ3n) is 4.54. The summed E-state index contributed by atoms with van der Waals surface area (Å²) in [5, 5.41) is 0.893. The lowest BCUT2D eigenvalue weighted by atomic mass is 9.98. The first-order chi connectivity index (χ1) is 12.4. The number of fused-ring (bicyclic) bond motifs is 1. The lowest BCUT2D eigenvalue weighted by molar-refractivity contribution is 0.103. The van der Waals surface area contributed by atoms with Crippen LogP contribution in [0, 0.1) is 5.92 Å². The fourth-order valence-electron chi connectivity index (χ4n) is 3.15. The van der Waals surface area contributed by atoms with Crippen LogP contribution in [0.25, 0.3) is 10.9 Å². The summed E-state index contributed by atoms with van der Waals surface area (Å²) in [6.45, 7) is 4.33. The van der Waals surface area contributed by atoms with E-state index in [4.69, 9.17) is 0 Å². The molecule has 134 valence electrons. The molecule has 0 unspecified atom stereocenters. The molecule has 1 aromatic heterocycles. The molecular weight excluding hydrogens is 342 g/mol. The predicted octanol–water partition coefficient (Wildman–Crippen LogP) is 4.69. The third kappa shape index (κ3) is 3.61. The van der Waals surface area contributed by atoms with E-state index in [0.717, 1.165) is 22.2 Å². The van der Waals surface area contributed by atoms with Gasteiger partial charge in [0.2, 0.25) is 0 Å². The highest BCUT2D eigenvalue weighted by Crippen LogP contribution is 2.22. The van der Waals surface area contributed by atoms with Gasteiger partial charge in [-0.25, -0.2) is 0 Å². The van der Waals surface area contributed by atoms with Crippen LogP contribution in [0.1, 0.15) is 35.3 Å². The number of pyridine rings is 1. The molecular formula is C22H23NO2S. The molecule has 3 rings (SSSR count). The van der Waals surface area contributed by atoms with Crippen molar-refractivity contribution in [1.29, 1.82) is 0 Å². The molecule has 2 aromatic carbocycles. The number of carbonyl (C=O) groups excluding carboxylic acids is 1. The topological polar surface area (TPSA) is 39.1 Å². The molecule has 26 heavy (non-hydrogen) atoms. The number of nitrogens with zero attached hydrogens (tertiary/aromatic N) is 1. The third-order valence-corrected chi connectivity index (χ3v) is 5.26. The Labute approximate surface area is 158 Å². The van der Waals surface area contributed by atoms with E-state index >= 15 is 0 Å². The summed E-state index contributed by atoms with van der Waals surface area (Å²) >= 11 is 1.63. The molecule has 0 aliphatic carbocycles. The second-order valence-electron chi connectivity index (χ2n) is 6.97. The van der Waals surface area contributed by atoms with Gasteiger partial charge >= 0.3 is 0 Å². The Hall–Kier alpha value is -2.33. The zero-order valence-electron chi connectivity index (χ0n) is 15.6. The van der Waals surface area contributed by atoms with Gasteiger partial charge in [-0.05, 0) is 47.7 Å². The van der Waals surface area contributed by atoms with Gasteiger partial charge in [0.15, 0.2) is 5.78 Å². The van der Waals surface area contributed by atoms with E-state index in [2.05, 4.69) is 13.8 Å². The van der Waals surface area contributed by atoms with Gasteiger partial charge in [0, 0.05) is 17.5 Å². The number of ketones is 1. The number of benzene rings is 2. The molecule has 0 aliphatic heterocycles. The number of hydrogen-bond acceptors (Lipinski definition) is 3. The van der Waals surface area contributed by atoms with Gasteiger partial charge in [0.1, 0.15) is 0 Å². The van der Waals surface area contributed by atoms with Crippen molar-refractivity contribution in [1.82, 2.24) is 4.57 Å². The smallest absolute Gasteiger partial charge is 0.262 e. The molecule has 0 aliphatic rings. The van der Waals surface area contributed by atoms with E-state index in [1.54, 1.807) is 29.4 Å². The Morgan fingerprint density at radius 2 is 1.77 bits per heavy atom. The standard InChI is InChI=1S/C22H23NO2S/c1-14(2)11-15-5-7-16(8-6-15)21(24)19-12-17-9-10-18(26-4)13-20(17)23(3)22(19)25/h5-10,12-14H,11H2,1-4H3. The predicted molar refractivity (Wildman–Crippen MR) is 109 cm³/mol. The Balaban J connectivity index is 2.03. The lowest BCUT2D eigenvalue weighted by Crippen LogP contribution is -2.25. The fourth-order valence-corrected chi connectivity index (χ4v) is 3.59. The molecule has 0 amide bonds. The Morgan fingerprint density at radius 1 is 1.08 bits per heavy atom. The van der Waals surface area contributed by atoms with Gasteiger partial charge in [0.05, 0.1) is 11.1 Å². The second-order valence-corrected chi connectivity index (χ2v) is 7.85. The highest BCUT2D eigenvalue weighted by atomic mass is 32.2. The van der Waals surface area contributed by atoms with Gasteiger partial charge in [-0.2, -0.15) is 0 Å². The van der Waals surface area contributed by atoms with E-state index in [1.165, 1.54) is 5.56 Å². The van der Waals surface area contributed by atoms with Gasteiger partial charge in [-0.15, -0.1) is 11.8 Å². The lowest BCUT2D eigenvalue weighted by Gasteiger charge is -2.10. The second kappa shape index (κ2) is 7.50. The monoisotopic (exact) mass is 365 g/mol. The summed E-state index contributed by atoms with van der Waals surface area (Å²) in [6.07, 6.45) is 2.98. The molecule has 0 saturated heterocycles. The van der Waals surface area contributed by atoms with Crippen molar-refractivity contribution in [2.75, 3.05) is 6.26 Å². The number of aromatic nitrogens is 1. The summed E-state index contributed by atoms with van der Waals surface area (Å²) < 4.78 is 1.56. The van der Waals surface area contributed by atoms with Gasteiger partial charge in [-0.3, -0.25) is 9.59 Å². The number of thioether (sulfide) groups is 1. The quantitative estimate of drug-likeness (QED) is 0.486. The van der Waals surface area contributed by atoms with Crippen LogP contribution in [0.3, 0.4) is 0 Å². The maximum Gasteiger partial charge on any atom is 0.262 e. The molecule has 0 spiro atoms. The SMILES string of the molecule is CSc1ccc2cc(C(=O)c3ccc(CC(C)C)cc3)c(=O)n(C)c2c1. The highest BCUT2D eigenvalue weighted by molar-refractivity contribution is 7.98. The van der Waals surface area contributed by atoms with Crippen molar-refractivity contribution < 1.29 is 4.79 Å². The van der Waals surface area contributed by atoms with E-state index in [9.17, 15) is 9.59 Å². The van der Waals surface area contributed by atoms with Crippen LogP contribution >= 0.6 is 11.8 Å². The van der Waals surface area contributed by atoms with Crippen molar-refractivity contribution in [2.24, 2.45) is 13.0 Å². The van der Waals surface area contributed by atoms with Crippen molar-refractivity contribution in [3.63, 3.8) is 0 Å². The van der Waals surface area contributed by atoms with Crippen molar-refractivity contribution >= 4 is 28.4 Å². The maximum absolute atomic E-state index is 12.9. The minimum Gasteiger partial charge on any atom is -0.311 e. The molecule has 0 bridgehead atoms. The summed E-state index contributed by atoms with van der Waals surface area (Å²) in [5.74, 6) is 0.341. The minimum atomic E-state index is -0.257. The molecule has 4 heteroatoms. The largest absolute Gasteiger partial charge is 0.311 e. The van der Waals surface area contributed by atoms with Crippen LogP contribution in [0.4, 0.5) is 0 Å². The Kier molecular flexibility index (Phi) is 5.33. The van der Waals surface area contributed by atoms with E-state index in [0.29, 0.717) is 11.5 Å². The first-order valence-corrected chi connectivity index (χ1v) is 9.94. The van der Waals surface area contributed by atoms with Crippen LogP contribution in [0.15, 0.2) is 58.2 Å². The van der Waals surface area contributed by atoms with Crippen molar-refractivity contribution in [3.8, 4) is 0 Å². The van der Waals surface area contributed by atoms with E-state index < -0.39 is 0 Å². The fraction of sp³-hybridized carbons (Fsp3) is 0.273. The van der Waals surface area contributed by atoms with Gasteiger partial charge < -0.3 is 4.57 Å². The molecule has 0 saturated carbocycles. The van der Waals surface area contributed by atoms with Crippen molar-refractivity contribution in [3.05, 3.63) is 75.6 Å². The molecule has 3 aromatic rings. The molecule has 0 N–H and O–H groups in total. The van der Waals surface area contributed by atoms with Crippen LogP contribution in [-0.2, 0) is 13.5 Å². The Bertz CT molecular complexity index is 1020. The molecule has 0 fully saturated rings. The van der Waals surface area contributed by atoms with Crippen LogP contribution in [-0.4, -0.2) is 16.6 Å². The summed E-state index contributed by atoms with van der Waals surface area (Å²) in [4.78, 5) is 26.7. The van der Waals surface area contributed by atoms with Crippen LogP contribution in [0.5, 0.6) is 0 Å². The zero-order chi connectivity index (χ0) is 18.8. The average Bonchev–Trinajstić information content (AvgIpc) is 2.64. The number of rotatable bonds is 5. The number of aryl methyl sites for hydroxylation is 1. The zero-order valence-corrected chi connectivity index (χ0v) is 16.4. The van der Waals surface area contributed by atoms with Gasteiger partial charge in [0.25, 0.3) is 5.56 Å². The summed E-state index contributed by atoms with van der Waals surface area (Å²) in [6, 6.07) is 15.3. The average molecular weight is 365 g/mol. The van der Waals surface area contributed by atoms with E-state index in [1.807, 2.05) is 48.7 Å². The number of carbonyl (C=O) groups is 1. The van der Waals surface area contributed by atoms with E-state index in [-0.39, 0.29) is 16.9 Å². The maximum atomic E-state index is 12.9. The molecule has 0 atom stereocenters. The number of hydrogen-bond donors (Lipinski definition) is 0. The molecule has 0 radical (unpaired) electrons. The van der Waals surface area contributed by atoms with Crippen molar-refractivity contribution in [2.45, 2.75) is 25.2 Å². The summed E-state index contributed by atoms with van der Waals surface area (Å²) in [5.41, 5.74) is 2.55. The minimum absolute atomic E-state index is 0.216. The van der Waals surface area contributed by atoms with Crippen LogP contribution in [0.2, 0.25) is 0 Å². The molecule has 1 heterocycles. The Morgan fingerprint density at radius 3 is 2.38 bits per heavy atom. The first kappa shape index (κ1) is 18.5. The first-order valence-electron chi connectivity index (χ1n) is 8.72. The van der Waals surface area contributed by atoms with Gasteiger partial charge in [-0.1, -0.05) is 44.2 Å². The summed E-state index contributed by atoms with van der Waals surface area (Å²) in [7, 11) is 1.72.